The standard InChI is InChI=1S/C23H17F2N5OS/c1-29-21(16(11-26-29)23-28-18(13-32-23)22(24)25)19(31)9-14-7-8-30-12-17(27-20(30)10-14)15-5-3-2-4-6-15/h2-8,10-13,22H,9H2,1H3. The molecule has 5 rings (SSSR count). The number of hydrogen-bond donors (Lipinski definition) is 0. The zero-order valence-electron chi connectivity index (χ0n) is 16.9. The Morgan fingerprint density at radius 2 is 1.97 bits per heavy atom. The SMILES string of the molecule is Cn1ncc(-c2nc(C(F)F)cs2)c1C(=O)Cc1ccn2cc(-c3ccccc3)nc2c1. The Bertz CT molecular complexity index is 1420. The molecule has 0 aliphatic rings. The molecule has 0 saturated heterocycles. The molecule has 0 N–H and O–H groups in total. The second kappa shape index (κ2) is 8.08. The van der Waals surface area contributed by atoms with Crippen molar-refractivity contribution in [2.24, 2.45) is 7.05 Å². The van der Waals surface area contributed by atoms with Crippen LogP contribution in [0.1, 0.15) is 28.2 Å². The first-order valence-electron chi connectivity index (χ1n) is 9.82. The molecule has 4 aromatic heterocycles. The average Bonchev–Trinajstić information content (AvgIpc) is 3.51. The molecule has 32 heavy (non-hydrogen) atoms. The number of pyridine rings is 1. The number of rotatable bonds is 6. The summed E-state index contributed by atoms with van der Waals surface area (Å²) in [6.07, 6.45) is 2.78. The molecule has 0 aliphatic heterocycles. The smallest absolute Gasteiger partial charge is 0.281 e. The molecular formula is C23H17F2N5OS. The second-order valence-corrected chi connectivity index (χ2v) is 8.16. The number of halogens is 2. The number of carbonyl (C=O) groups is 1. The molecule has 6 nitrogen and oxygen atoms in total. The maximum atomic E-state index is 13.1. The number of Topliss-reactive ketones (excluding diaryl/α,β-unsaturated/α-hetero) is 1. The number of aromatic nitrogens is 5. The minimum absolute atomic E-state index is 0.129. The lowest BCUT2D eigenvalue weighted by Crippen LogP contribution is -2.11. The lowest BCUT2D eigenvalue weighted by Gasteiger charge is -2.05. The van der Waals surface area contributed by atoms with Crippen molar-refractivity contribution in [3.8, 4) is 21.8 Å². The van der Waals surface area contributed by atoms with E-state index in [1.54, 1.807) is 7.05 Å². The van der Waals surface area contributed by atoms with Crippen molar-refractivity contribution in [2.75, 3.05) is 0 Å². The summed E-state index contributed by atoms with van der Waals surface area (Å²) in [6, 6.07) is 13.6. The minimum Gasteiger partial charge on any atom is -0.306 e. The number of aryl methyl sites for hydroxylation is 1. The Labute approximate surface area is 185 Å². The Morgan fingerprint density at radius 3 is 2.72 bits per heavy atom. The van der Waals surface area contributed by atoms with Gasteiger partial charge >= 0.3 is 0 Å². The molecule has 0 saturated carbocycles. The van der Waals surface area contributed by atoms with Crippen molar-refractivity contribution in [3.05, 3.63) is 83.4 Å². The van der Waals surface area contributed by atoms with E-state index in [1.807, 2.05) is 59.3 Å². The number of hydrogen-bond acceptors (Lipinski definition) is 5. The van der Waals surface area contributed by atoms with Gasteiger partial charge in [-0.05, 0) is 17.7 Å². The van der Waals surface area contributed by atoms with E-state index in [4.69, 9.17) is 0 Å². The van der Waals surface area contributed by atoms with E-state index < -0.39 is 6.43 Å². The molecule has 0 bridgehead atoms. The van der Waals surface area contributed by atoms with Crippen molar-refractivity contribution in [2.45, 2.75) is 12.8 Å². The van der Waals surface area contributed by atoms with Crippen molar-refractivity contribution in [1.82, 2.24) is 24.1 Å². The maximum absolute atomic E-state index is 13.1. The topological polar surface area (TPSA) is 65.1 Å². The molecular weight excluding hydrogens is 432 g/mol. The number of carbonyl (C=O) groups excluding carboxylic acids is 1. The highest BCUT2D eigenvalue weighted by atomic mass is 32.1. The molecule has 0 amide bonds. The normalized spacial score (nSPS) is 11.5. The van der Waals surface area contributed by atoms with Crippen molar-refractivity contribution < 1.29 is 13.6 Å². The third kappa shape index (κ3) is 3.71. The summed E-state index contributed by atoms with van der Waals surface area (Å²) in [6.45, 7) is 0. The zero-order valence-corrected chi connectivity index (χ0v) is 17.8. The summed E-state index contributed by atoms with van der Waals surface area (Å²) in [5, 5.41) is 5.81. The molecule has 0 fully saturated rings. The summed E-state index contributed by atoms with van der Waals surface area (Å²) in [4.78, 5) is 21.8. The van der Waals surface area contributed by atoms with Gasteiger partial charge in [-0.1, -0.05) is 30.3 Å². The van der Waals surface area contributed by atoms with Crippen molar-refractivity contribution in [3.63, 3.8) is 0 Å². The first-order valence-corrected chi connectivity index (χ1v) is 10.7. The van der Waals surface area contributed by atoms with Crippen LogP contribution in [-0.4, -0.2) is 29.9 Å². The van der Waals surface area contributed by atoms with E-state index in [0.29, 0.717) is 16.3 Å². The number of imidazole rings is 1. The van der Waals surface area contributed by atoms with Crippen LogP contribution < -0.4 is 0 Å². The fourth-order valence-electron chi connectivity index (χ4n) is 3.59. The summed E-state index contributed by atoms with van der Waals surface area (Å²) in [5.74, 6) is -0.173. The fourth-order valence-corrected chi connectivity index (χ4v) is 4.41. The molecule has 160 valence electrons. The fraction of sp³-hybridized carbons (Fsp3) is 0.130. The molecule has 0 spiro atoms. The lowest BCUT2D eigenvalue weighted by molar-refractivity contribution is 0.0984. The van der Waals surface area contributed by atoms with Gasteiger partial charge in [0.1, 0.15) is 22.0 Å². The number of ketones is 1. The van der Waals surface area contributed by atoms with Gasteiger partial charge in [-0.2, -0.15) is 5.10 Å². The highest BCUT2D eigenvalue weighted by molar-refractivity contribution is 7.13. The van der Waals surface area contributed by atoms with Gasteiger partial charge in [0.2, 0.25) is 0 Å². The van der Waals surface area contributed by atoms with Crippen LogP contribution in [0.15, 0.2) is 66.4 Å². The van der Waals surface area contributed by atoms with Crippen molar-refractivity contribution >= 4 is 22.8 Å². The number of nitrogens with zero attached hydrogens (tertiary/aromatic N) is 5. The molecule has 0 radical (unpaired) electrons. The molecule has 1 aromatic carbocycles. The Morgan fingerprint density at radius 1 is 1.16 bits per heavy atom. The minimum atomic E-state index is -2.65. The summed E-state index contributed by atoms with van der Waals surface area (Å²) < 4.78 is 29.2. The molecule has 9 heteroatoms. The van der Waals surface area contributed by atoms with E-state index in [-0.39, 0.29) is 17.9 Å². The second-order valence-electron chi connectivity index (χ2n) is 7.30. The van der Waals surface area contributed by atoms with Crippen LogP contribution in [0.25, 0.3) is 27.5 Å². The Balaban J connectivity index is 1.43. The van der Waals surface area contributed by atoms with E-state index in [9.17, 15) is 13.6 Å². The third-order valence-electron chi connectivity index (χ3n) is 5.14. The van der Waals surface area contributed by atoms with Gasteiger partial charge in [-0.3, -0.25) is 9.48 Å². The van der Waals surface area contributed by atoms with E-state index in [0.717, 1.165) is 33.8 Å². The predicted molar refractivity (Wildman–Crippen MR) is 118 cm³/mol. The third-order valence-corrected chi connectivity index (χ3v) is 6.03. The summed E-state index contributed by atoms with van der Waals surface area (Å²) in [7, 11) is 1.66. The number of thiazole rings is 1. The van der Waals surface area contributed by atoms with Crippen LogP contribution in [0.5, 0.6) is 0 Å². The number of benzene rings is 1. The van der Waals surface area contributed by atoms with Gasteiger partial charge in [0.15, 0.2) is 5.78 Å². The van der Waals surface area contributed by atoms with Crippen LogP contribution in [0.2, 0.25) is 0 Å². The number of alkyl halides is 2. The van der Waals surface area contributed by atoms with Crippen LogP contribution in [-0.2, 0) is 13.5 Å². The molecule has 0 atom stereocenters. The first-order chi connectivity index (χ1) is 15.5. The van der Waals surface area contributed by atoms with Crippen LogP contribution in [0.3, 0.4) is 0 Å². The van der Waals surface area contributed by atoms with E-state index in [2.05, 4.69) is 15.1 Å². The predicted octanol–water partition coefficient (Wildman–Crippen LogP) is 5.22. The van der Waals surface area contributed by atoms with Gasteiger partial charge in [-0.25, -0.2) is 18.7 Å². The largest absolute Gasteiger partial charge is 0.306 e. The van der Waals surface area contributed by atoms with Crippen LogP contribution >= 0.6 is 11.3 Å². The molecule has 5 aromatic rings. The number of fused-ring (bicyclic) bond motifs is 1. The molecule has 4 heterocycles. The first kappa shape index (κ1) is 20.2. The van der Waals surface area contributed by atoms with Gasteiger partial charge < -0.3 is 4.40 Å². The quantitative estimate of drug-likeness (QED) is 0.333. The van der Waals surface area contributed by atoms with E-state index in [1.165, 1.54) is 16.3 Å². The van der Waals surface area contributed by atoms with Gasteiger partial charge in [0.25, 0.3) is 6.43 Å². The Kier molecular flexibility index (Phi) is 5.10. The molecule has 0 aliphatic carbocycles. The van der Waals surface area contributed by atoms with Gasteiger partial charge in [-0.15, -0.1) is 11.3 Å². The van der Waals surface area contributed by atoms with E-state index >= 15 is 0 Å². The van der Waals surface area contributed by atoms with Crippen LogP contribution in [0.4, 0.5) is 8.78 Å². The van der Waals surface area contributed by atoms with Crippen LogP contribution in [0, 0.1) is 0 Å². The van der Waals surface area contributed by atoms with Crippen molar-refractivity contribution in [1.29, 1.82) is 0 Å². The van der Waals surface area contributed by atoms with Gasteiger partial charge in [0.05, 0.1) is 17.5 Å². The highest BCUT2D eigenvalue weighted by Gasteiger charge is 2.22. The molecule has 0 unspecified atom stereocenters. The zero-order chi connectivity index (χ0) is 22.2. The highest BCUT2D eigenvalue weighted by Crippen LogP contribution is 2.31. The Hall–Kier alpha value is -3.72. The maximum Gasteiger partial charge on any atom is 0.281 e. The summed E-state index contributed by atoms with van der Waals surface area (Å²) in [5.41, 5.74) is 3.90. The average molecular weight is 449 g/mol. The lowest BCUT2D eigenvalue weighted by atomic mass is 10.1. The monoisotopic (exact) mass is 449 g/mol. The summed E-state index contributed by atoms with van der Waals surface area (Å²) >= 11 is 1.07. The van der Waals surface area contributed by atoms with Gasteiger partial charge in [0, 0.05) is 36.8 Å².